The van der Waals surface area contributed by atoms with Crippen LogP contribution in [0, 0.1) is 5.92 Å². The van der Waals surface area contributed by atoms with Gasteiger partial charge in [-0.2, -0.15) is 16.9 Å². The van der Waals surface area contributed by atoms with Crippen molar-refractivity contribution in [1.82, 2.24) is 15.1 Å². The molecule has 0 bridgehead atoms. The third kappa shape index (κ3) is 5.84. The molecule has 0 saturated heterocycles. The fourth-order valence-corrected chi connectivity index (χ4v) is 3.84. The summed E-state index contributed by atoms with van der Waals surface area (Å²) in [7, 11) is 0. The van der Waals surface area contributed by atoms with Crippen LogP contribution in [-0.4, -0.2) is 33.9 Å². The van der Waals surface area contributed by atoms with Gasteiger partial charge in [-0.3, -0.25) is 4.68 Å². The van der Waals surface area contributed by atoms with E-state index in [1.54, 1.807) is 0 Å². The number of hydrogen-bond acceptors (Lipinski definition) is 3. The highest BCUT2D eigenvalue weighted by atomic mass is 35.5. The maximum absolute atomic E-state index is 6.52. The number of hydrogen-bond donors (Lipinski definition) is 1. The zero-order chi connectivity index (χ0) is 15.8. The van der Waals surface area contributed by atoms with Gasteiger partial charge in [0, 0.05) is 24.8 Å². The quantitative estimate of drug-likeness (QED) is 0.702. The predicted molar refractivity (Wildman–Crippen MR) is 95.6 cm³/mol. The van der Waals surface area contributed by atoms with E-state index in [0.717, 1.165) is 48.3 Å². The lowest BCUT2D eigenvalue weighted by Crippen LogP contribution is -2.34. The van der Waals surface area contributed by atoms with E-state index in [9.17, 15) is 0 Å². The number of halogens is 1. The van der Waals surface area contributed by atoms with E-state index < -0.39 is 0 Å². The van der Waals surface area contributed by atoms with Crippen LogP contribution in [0.3, 0.4) is 0 Å². The summed E-state index contributed by atoms with van der Waals surface area (Å²) in [6, 6.07) is 0.461. The van der Waals surface area contributed by atoms with Gasteiger partial charge in [0.15, 0.2) is 0 Å². The van der Waals surface area contributed by atoms with Crippen LogP contribution in [0.4, 0.5) is 0 Å². The van der Waals surface area contributed by atoms with Crippen molar-refractivity contribution in [1.29, 1.82) is 0 Å². The van der Waals surface area contributed by atoms with E-state index >= 15 is 0 Å². The van der Waals surface area contributed by atoms with Crippen LogP contribution in [0.5, 0.6) is 0 Å². The summed E-state index contributed by atoms with van der Waals surface area (Å²) in [5.74, 6) is 3.08. The first-order valence-corrected chi connectivity index (χ1v) is 9.61. The SMILES string of the molecule is CCNC(CSCC(C)C)Cc1c(Cl)c(CC)nn1CC. The summed E-state index contributed by atoms with van der Waals surface area (Å²) < 4.78 is 2.07. The Morgan fingerprint density at radius 3 is 2.48 bits per heavy atom. The Bertz CT molecular complexity index is 418. The summed E-state index contributed by atoms with van der Waals surface area (Å²) >= 11 is 8.54. The number of rotatable bonds is 10. The Morgan fingerprint density at radius 2 is 1.95 bits per heavy atom. The van der Waals surface area contributed by atoms with E-state index in [-0.39, 0.29) is 0 Å². The highest BCUT2D eigenvalue weighted by Crippen LogP contribution is 2.24. The van der Waals surface area contributed by atoms with Gasteiger partial charge in [-0.15, -0.1) is 0 Å². The number of nitrogens with one attached hydrogen (secondary N) is 1. The average Bonchev–Trinajstić information content (AvgIpc) is 2.75. The number of thioether (sulfide) groups is 1. The molecule has 21 heavy (non-hydrogen) atoms. The third-order valence-corrected chi connectivity index (χ3v) is 5.37. The molecule has 1 rings (SSSR count). The van der Waals surface area contributed by atoms with Crippen LogP contribution in [0.2, 0.25) is 5.02 Å². The average molecular weight is 332 g/mol. The number of likely N-dealkylation sites (N-methyl/N-ethyl adjacent to an activating group) is 1. The van der Waals surface area contributed by atoms with Crippen LogP contribution in [0.15, 0.2) is 0 Å². The molecule has 0 aliphatic carbocycles. The van der Waals surface area contributed by atoms with E-state index in [0.29, 0.717) is 6.04 Å². The van der Waals surface area contributed by atoms with E-state index in [1.165, 1.54) is 11.4 Å². The second-order valence-electron chi connectivity index (χ2n) is 5.77. The van der Waals surface area contributed by atoms with Gasteiger partial charge >= 0.3 is 0 Å². The smallest absolute Gasteiger partial charge is 0.0850 e. The van der Waals surface area contributed by atoms with Crippen LogP contribution >= 0.6 is 23.4 Å². The molecule has 0 radical (unpaired) electrons. The molecule has 5 heteroatoms. The van der Waals surface area contributed by atoms with Crippen molar-refractivity contribution < 1.29 is 0 Å². The van der Waals surface area contributed by atoms with Gasteiger partial charge in [0.1, 0.15) is 0 Å². The first kappa shape index (κ1) is 18.9. The molecule has 0 fully saturated rings. The van der Waals surface area contributed by atoms with Crippen LogP contribution in [0.25, 0.3) is 0 Å². The molecule has 0 aliphatic heterocycles. The minimum absolute atomic E-state index is 0.461. The van der Waals surface area contributed by atoms with E-state index in [4.69, 9.17) is 11.6 Å². The minimum atomic E-state index is 0.461. The molecule has 0 aromatic carbocycles. The second-order valence-corrected chi connectivity index (χ2v) is 7.22. The standard InChI is InChI=1S/C16H30ClN3S/c1-6-14-16(17)15(20(8-3)19-14)9-13(18-7-2)11-21-10-12(4)5/h12-13,18H,6-11H2,1-5H3. The Hall–Kier alpha value is -0.190. The summed E-state index contributed by atoms with van der Waals surface area (Å²) in [5.41, 5.74) is 2.21. The summed E-state index contributed by atoms with van der Waals surface area (Å²) in [4.78, 5) is 0. The van der Waals surface area contributed by atoms with Gasteiger partial charge < -0.3 is 5.32 Å². The molecule has 0 spiro atoms. The lowest BCUT2D eigenvalue weighted by Gasteiger charge is -2.19. The molecule has 0 amide bonds. The highest BCUT2D eigenvalue weighted by Gasteiger charge is 2.18. The summed E-state index contributed by atoms with van der Waals surface area (Å²) in [6.07, 6.45) is 1.85. The Labute approximate surface area is 139 Å². The second kappa shape index (κ2) is 9.75. The molecule has 0 saturated carbocycles. The van der Waals surface area contributed by atoms with Crippen molar-refractivity contribution in [2.24, 2.45) is 5.92 Å². The van der Waals surface area contributed by atoms with Crippen molar-refractivity contribution in [2.45, 2.75) is 60.0 Å². The minimum Gasteiger partial charge on any atom is -0.313 e. The first-order valence-electron chi connectivity index (χ1n) is 8.08. The van der Waals surface area contributed by atoms with E-state index in [1.807, 2.05) is 11.8 Å². The maximum atomic E-state index is 6.52. The van der Waals surface area contributed by atoms with Gasteiger partial charge in [0.05, 0.1) is 16.4 Å². The third-order valence-electron chi connectivity index (χ3n) is 3.40. The Balaban J connectivity index is 2.75. The molecule has 3 nitrogen and oxygen atoms in total. The van der Waals surface area contributed by atoms with Crippen molar-refractivity contribution in [3.05, 3.63) is 16.4 Å². The van der Waals surface area contributed by atoms with Crippen molar-refractivity contribution in [3.8, 4) is 0 Å². The fourth-order valence-electron chi connectivity index (χ4n) is 2.37. The van der Waals surface area contributed by atoms with Crippen molar-refractivity contribution >= 4 is 23.4 Å². The van der Waals surface area contributed by atoms with Crippen LogP contribution < -0.4 is 5.32 Å². The number of aromatic nitrogens is 2. The Kier molecular flexibility index (Phi) is 8.76. The molecule has 122 valence electrons. The summed E-state index contributed by atoms with van der Waals surface area (Å²) in [6.45, 7) is 12.8. The topological polar surface area (TPSA) is 29.9 Å². The Morgan fingerprint density at radius 1 is 1.24 bits per heavy atom. The molecule has 1 N–H and O–H groups in total. The fraction of sp³-hybridized carbons (Fsp3) is 0.812. The molecular formula is C16H30ClN3S. The maximum Gasteiger partial charge on any atom is 0.0850 e. The van der Waals surface area contributed by atoms with Crippen LogP contribution in [-0.2, 0) is 19.4 Å². The predicted octanol–water partition coefficient (Wildman–Crippen LogP) is 4.03. The van der Waals surface area contributed by atoms with Crippen LogP contribution in [0.1, 0.15) is 46.0 Å². The van der Waals surface area contributed by atoms with Crippen molar-refractivity contribution in [2.75, 3.05) is 18.1 Å². The van der Waals surface area contributed by atoms with Gasteiger partial charge in [-0.25, -0.2) is 0 Å². The number of aryl methyl sites for hydroxylation is 2. The van der Waals surface area contributed by atoms with Gasteiger partial charge in [0.25, 0.3) is 0 Å². The van der Waals surface area contributed by atoms with Crippen molar-refractivity contribution in [3.63, 3.8) is 0 Å². The molecular weight excluding hydrogens is 302 g/mol. The molecule has 1 aromatic heterocycles. The molecule has 1 atom stereocenters. The van der Waals surface area contributed by atoms with Gasteiger partial charge in [-0.05, 0) is 31.6 Å². The summed E-state index contributed by atoms with van der Waals surface area (Å²) in [5, 5.41) is 9.08. The zero-order valence-corrected chi connectivity index (χ0v) is 15.7. The van der Waals surface area contributed by atoms with Gasteiger partial charge in [-0.1, -0.05) is 39.3 Å². The largest absolute Gasteiger partial charge is 0.313 e. The highest BCUT2D eigenvalue weighted by molar-refractivity contribution is 7.99. The number of nitrogens with zero attached hydrogens (tertiary/aromatic N) is 2. The lowest BCUT2D eigenvalue weighted by molar-refractivity contribution is 0.532. The zero-order valence-electron chi connectivity index (χ0n) is 14.1. The molecule has 1 unspecified atom stereocenters. The van der Waals surface area contributed by atoms with Gasteiger partial charge in [0.2, 0.25) is 0 Å². The van der Waals surface area contributed by atoms with E-state index in [2.05, 4.69) is 49.7 Å². The first-order chi connectivity index (χ1) is 10.0. The lowest BCUT2D eigenvalue weighted by atomic mass is 10.1. The monoisotopic (exact) mass is 331 g/mol. The molecule has 1 heterocycles. The molecule has 0 aliphatic rings. The molecule has 1 aromatic rings. The normalized spacial score (nSPS) is 13.1.